The summed E-state index contributed by atoms with van der Waals surface area (Å²) < 4.78 is 50.4. The highest BCUT2D eigenvalue weighted by molar-refractivity contribution is 7.89. The molecule has 1 rings (SSSR count). The lowest BCUT2D eigenvalue weighted by Crippen LogP contribution is -2.32. The molecule has 0 atom stereocenters. The standard InChI is InChI=1S/C8H8F2N2O2S2/c9-6-2-1-5(3-7(6)10)16(13,14)12-4-8(11)15/h1-3,12H,4H2,(H2,11,15). The average Bonchev–Trinajstić information content (AvgIpc) is 2.19. The van der Waals surface area contributed by atoms with E-state index in [-0.39, 0.29) is 16.4 Å². The molecule has 0 heterocycles. The van der Waals surface area contributed by atoms with Crippen molar-refractivity contribution in [3.8, 4) is 0 Å². The van der Waals surface area contributed by atoms with Crippen LogP contribution in [-0.2, 0) is 10.0 Å². The van der Waals surface area contributed by atoms with Crippen LogP contribution in [0.25, 0.3) is 0 Å². The summed E-state index contributed by atoms with van der Waals surface area (Å²) in [6.07, 6.45) is 0. The summed E-state index contributed by atoms with van der Waals surface area (Å²) >= 11 is 4.48. The molecule has 0 saturated carbocycles. The van der Waals surface area contributed by atoms with Crippen molar-refractivity contribution < 1.29 is 17.2 Å². The summed E-state index contributed by atoms with van der Waals surface area (Å²) in [4.78, 5) is -0.436. The first-order chi connectivity index (χ1) is 7.33. The first kappa shape index (κ1) is 12.9. The summed E-state index contributed by atoms with van der Waals surface area (Å²) in [5.41, 5.74) is 5.10. The summed E-state index contributed by atoms with van der Waals surface area (Å²) in [6, 6.07) is 2.25. The lowest BCUT2D eigenvalue weighted by molar-refractivity contribution is 0.504. The predicted molar refractivity (Wildman–Crippen MR) is 58.3 cm³/mol. The van der Waals surface area contributed by atoms with Gasteiger partial charge >= 0.3 is 0 Å². The summed E-state index contributed by atoms with van der Waals surface area (Å²) in [6.45, 7) is -0.239. The minimum absolute atomic E-state index is 0.0499. The molecule has 0 saturated heterocycles. The fourth-order valence-corrected chi connectivity index (χ4v) is 2.08. The number of hydrogen-bond donors (Lipinski definition) is 2. The molecule has 3 N–H and O–H groups in total. The van der Waals surface area contributed by atoms with E-state index < -0.39 is 21.7 Å². The van der Waals surface area contributed by atoms with Gasteiger partial charge in [-0.25, -0.2) is 21.9 Å². The van der Waals surface area contributed by atoms with Crippen molar-refractivity contribution in [1.29, 1.82) is 0 Å². The van der Waals surface area contributed by atoms with Crippen molar-refractivity contribution in [2.75, 3.05) is 6.54 Å². The molecule has 0 unspecified atom stereocenters. The monoisotopic (exact) mass is 266 g/mol. The van der Waals surface area contributed by atoms with E-state index >= 15 is 0 Å². The highest BCUT2D eigenvalue weighted by atomic mass is 32.2. The fraction of sp³-hybridized carbons (Fsp3) is 0.125. The smallest absolute Gasteiger partial charge is 0.241 e. The van der Waals surface area contributed by atoms with Crippen molar-refractivity contribution in [2.45, 2.75) is 4.90 Å². The molecule has 0 aliphatic rings. The SMILES string of the molecule is NC(=S)CNS(=O)(=O)c1ccc(F)c(F)c1. The van der Waals surface area contributed by atoms with Gasteiger partial charge in [0.15, 0.2) is 11.6 Å². The van der Waals surface area contributed by atoms with Crippen molar-refractivity contribution >= 4 is 27.2 Å². The maximum absolute atomic E-state index is 12.8. The second kappa shape index (κ2) is 4.81. The van der Waals surface area contributed by atoms with Crippen LogP contribution >= 0.6 is 12.2 Å². The Kier molecular flexibility index (Phi) is 3.89. The van der Waals surface area contributed by atoms with Crippen LogP contribution in [0, 0.1) is 11.6 Å². The van der Waals surface area contributed by atoms with Crippen LogP contribution in [0.5, 0.6) is 0 Å². The van der Waals surface area contributed by atoms with Gasteiger partial charge in [-0.2, -0.15) is 0 Å². The van der Waals surface area contributed by atoms with Gasteiger partial charge in [-0.3, -0.25) is 0 Å². The predicted octanol–water partition coefficient (Wildman–Crippen LogP) is 0.529. The zero-order valence-electron chi connectivity index (χ0n) is 7.91. The van der Waals surface area contributed by atoms with E-state index in [0.29, 0.717) is 6.07 Å². The van der Waals surface area contributed by atoms with Gasteiger partial charge in [-0.05, 0) is 18.2 Å². The molecular formula is C8H8F2N2O2S2. The molecule has 0 fully saturated rings. The number of thiocarbonyl (C=S) groups is 1. The number of nitrogens with one attached hydrogen (secondary N) is 1. The van der Waals surface area contributed by atoms with Gasteiger partial charge in [0.1, 0.15) is 0 Å². The molecule has 0 spiro atoms. The summed E-state index contributed by atoms with van der Waals surface area (Å²) in [7, 11) is -3.92. The quantitative estimate of drug-likeness (QED) is 0.780. The van der Waals surface area contributed by atoms with Gasteiger partial charge < -0.3 is 5.73 Å². The van der Waals surface area contributed by atoms with Gasteiger partial charge in [0.25, 0.3) is 0 Å². The van der Waals surface area contributed by atoms with Gasteiger partial charge in [-0.1, -0.05) is 12.2 Å². The number of rotatable bonds is 4. The minimum atomic E-state index is -3.92. The number of benzene rings is 1. The Morgan fingerprint density at radius 1 is 1.38 bits per heavy atom. The maximum atomic E-state index is 12.8. The first-order valence-electron chi connectivity index (χ1n) is 4.06. The molecule has 1 aromatic carbocycles. The molecule has 16 heavy (non-hydrogen) atoms. The Bertz CT molecular complexity index is 517. The van der Waals surface area contributed by atoms with Gasteiger partial charge in [0, 0.05) is 0 Å². The van der Waals surface area contributed by atoms with Crippen molar-refractivity contribution in [1.82, 2.24) is 4.72 Å². The Hall–Kier alpha value is -1.12. The zero-order chi connectivity index (χ0) is 12.3. The van der Waals surface area contributed by atoms with Crippen LogP contribution < -0.4 is 10.5 Å². The van der Waals surface area contributed by atoms with Crippen LogP contribution in [0.3, 0.4) is 0 Å². The molecule has 0 aliphatic heterocycles. The summed E-state index contributed by atoms with van der Waals surface area (Å²) in [5.74, 6) is -2.36. The topological polar surface area (TPSA) is 72.2 Å². The molecule has 88 valence electrons. The molecule has 0 aromatic heterocycles. The molecular weight excluding hydrogens is 258 g/mol. The number of halogens is 2. The molecule has 8 heteroatoms. The average molecular weight is 266 g/mol. The van der Waals surface area contributed by atoms with E-state index in [2.05, 4.69) is 12.2 Å². The Morgan fingerprint density at radius 2 is 2.00 bits per heavy atom. The van der Waals surface area contributed by atoms with Crippen molar-refractivity contribution in [2.24, 2.45) is 5.73 Å². The maximum Gasteiger partial charge on any atom is 0.241 e. The number of nitrogens with two attached hydrogens (primary N) is 1. The van der Waals surface area contributed by atoms with Crippen LogP contribution in [0.15, 0.2) is 23.1 Å². The zero-order valence-corrected chi connectivity index (χ0v) is 9.54. The van der Waals surface area contributed by atoms with Crippen LogP contribution in [0.2, 0.25) is 0 Å². The second-order valence-corrected chi connectivity index (χ2v) is 5.16. The molecule has 0 bridgehead atoms. The third kappa shape index (κ3) is 3.19. The third-order valence-corrected chi connectivity index (χ3v) is 3.18. The van der Waals surface area contributed by atoms with E-state index in [0.717, 1.165) is 12.1 Å². The Balaban J connectivity index is 2.99. The number of sulfonamides is 1. The van der Waals surface area contributed by atoms with E-state index in [1.54, 1.807) is 0 Å². The van der Waals surface area contributed by atoms with Crippen molar-refractivity contribution in [3.05, 3.63) is 29.8 Å². The molecule has 0 aliphatic carbocycles. The van der Waals surface area contributed by atoms with Crippen LogP contribution in [-0.4, -0.2) is 20.0 Å². The minimum Gasteiger partial charge on any atom is -0.392 e. The van der Waals surface area contributed by atoms with E-state index in [1.807, 2.05) is 4.72 Å². The second-order valence-electron chi connectivity index (χ2n) is 2.87. The first-order valence-corrected chi connectivity index (χ1v) is 5.95. The third-order valence-electron chi connectivity index (χ3n) is 1.64. The Labute approximate surface area is 96.5 Å². The normalized spacial score (nSPS) is 11.4. The molecule has 0 amide bonds. The van der Waals surface area contributed by atoms with Gasteiger partial charge in [-0.15, -0.1) is 0 Å². The van der Waals surface area contributed by atoms with E-state index in [1.165, 1.54) is 0 Å². The van der Waals surface area contributed by atoms with Crippen molar-refractivity contribution in [3.63, 3.8) is 0 Å². The molecule has 4 nitrogen and oxygen atoms in total. The van der Waals surface area contributed by atoms with Gasteiger partial charge in [0.05, 0.1) is 16.4 Å². The van der Waals surface area contributed by atoms with E-state index in [9.17, 15) is 17.2 Å². The largest absolute Gasteiger partial charge is 0.392 e. The lowest BCUT2D eigenvalue weighted by Gasteiger charge is -2.05. The lowest BCUT2D eigenvalue weighted by atomic mass is 10.3. The Morgan fingerprint density at radius 3 is 2.50 bits per heavy atom. The molecule has 0 radical (unpaired) electrons. The van der Waals surface area contributed by atoms with Crippen LogP contribution in [0.4, 0.5) is 8.78 Å². The highest BCUT2D eigenvalue weighted by Crippen LogP contribution is 2.13. The molecule has 1 aromatic rings. The highest BCUT2D eigenvalue weighted by Gasteiger charge is 2.16. The fourth-order valence-electron chi connectivity index (χ4n) is 0.893. The van der Waals surface area contributed by atoms with Gasteiger partial charge in [0.2, 0.25) is 10.0 Å². The summed E-state index contributed by atoms with van der Waals surface area (Å²) in [5, 5.41) is 0. The number of hydrogen-bond acceptors (Lipinski definition) is 3. The van der Waals surface area contributed by atoms with Crippen LogP contribution in [0.1, 0.15) is 0 Å². The van der Waals surface area contributed by atoms with E-state index in [4.69, 9.17) is 5.73 Å².